The van der Waals surface area contributed by atoms with Crippen molar-refractivity contribution in [3.05, 3.63) is 64.6 Å². The minimum atomic E-state index is -0.761. The van der Waals surface area contributed by atoms with Crippen LogP contribution >= 0.6 is 11.3 Å². The van der Waals surface area contributed by atoms with Crippen LogP contribution in [0.25, 0.3) is 0 Å². The second-order valence-corrected chi connectivity index (χ2v) is 13.5. The monoisotopic (exact) mass is 670 g/mol. The quantitative estimate of drug-likeness (QED) is 0.132. The van der Waals surface area contributed by atoms with E-state index >= 15 is 0 Å². The maximum Gasteiger partial charge on any atom is 0.309 e. The van der Waals surface area contributed by atoms with Crippen molar-refractivity contribution in [1.29, 1.82) is 0 Å². The van der Waals surface area contributed by atoms with Crippen LogP contribution in [0.4, 0.5) is 0 Å². The first-order valence-electron chi connectivity index (χ1n) is 16.6. The zero-order valence-electron chi connectivity index (χ0n) is 29.1. The maximum absolute atomic E-state index is 13.6. The lowest BCUT2D eigenvalue weighted by molar-refractivity contribution is -0.151. The molecule has 0 saturated carbocycles. The molecule has 260 valence electrons. The summed E-state index contributed by atoms with van der Waals surface area (Å²) in [7, 11) is 1.74. The average molecular weight is 671 g/mol. The summed E-state index contributed by atoms with van der Waals surface area (Å²) in [6, 6.07) is 8.40. The number of thiazole rings is 1. The number of nitrogens with zero attached hydrogens (tertiary/aromatic N) is 2. The third kappa shape index (κ3) is 12.5. The third-order valence-electron chi connectivity index (χ3n) is 8.41. The van der Waals surface area contributed by atoms with Gasteiger partial charge < -0.3 is 25.4 Å². The molecule has 2 rings (SSSR count). The number of rotatable bonds is 20. The first-order chi connectivity index (χ1) is 22.3. The fraction of sp³-hybridized carbons (Fsp3) is 0.583. The Morgan fingerprint density at radius 2 is 1.77 bits per heavy atom. The van der Waals surface area contributed by atoms with Gasteiger partial charge in [-0.25, -0.2) is 4.98 Å². The van der Waals surface area contributed by atoms with Crippen molar-refractivity contribution in [2.45, 2.75) is 104 Å². The van der Waals surface area contributed by atoms with E-state index in [0.717, 1.165) is 12.0 Å². The largest absolute Gasteiger partial charge is 0.461 e. The highest BCUT2D eigenvalue weighted by molar-refractivity contribution is 7.09. The molecule has 0 radical (unpaired) electrons. The Balaban J connectivity index is 2.32. The lowest BCUT2D eigenvalue weighted by atomic mass is 9.93. The molecular weight excluding hydrogens is 616 g/mol. The van der Waals surface area contributed by atoms with Crippen LogP contribution in [-0.2, 0) is 30.3 Å². The van der Waals surface area contributed by atoms with E-state index in [-0.39, 0.29) is 60.5 Å². The summed E-state index contributed by atoms with van der Waals surface area (Å²) in [4.78, 5) is 58.4. The first-order valence-corrected chi connectivity index (χ1v) is 17.5. The zero-order valence-corrected chi connectivity index (χ0v) is 29.9. The van der Waals surface area contributed by atoms with E-state index in [4.69, 9.17) is 15.2 Å². The van der Waals surface area contributed by atoms with Crippen LogP contribution < -0.4 is 11.1 Å². The van der Waals surface area contributed by atoms with Crippen LogP contribution in [0.1, 0.15) is 101 Å². The molecule has 0 fully saturated rings. The summed E-state index contributed by atoms with van der Waals surface area (Å²) in [5.41, 5.74) is 7.50. The van der Waals surface area contributed by atoms with Crippen LogP contribution in [0, 0.1) is 17.8 Å². The van der Waals surface area contributed by atoms with Crippen molar-refractivity contribution in [3.63, 3.8) is 0 Å². The molecule has 47 heavy (non-hydrogen) atoms. The van der Waals surface area contributed by atoms with Crippen LogP contribution in [-0.4, -0.2) is 65.4 Å². The first kappa shape index (κ1) is 39.6. The minimum absolute atomic E-state index is 0.0162. The van der Waals surface area contributed by atoms with Gasteiger partial charge in [-0.05, 0) is 36.7 Å². The van der Waals surface area contributed by atoms with Gasteiger partial charge in [0.25, 0.3) is 5.91 Å². The molecule has 3 N–H and O–H groups in total. The number of ether oxygens (including phenoxy) is 2. The highest BCUT2D eigenvalue weighted by Gasteiger charge is 2.34. The molecule has 0 spiro atoms. The second kappa shape index (κ2) is 19.9. The Morgan fingerprint density at radius 1 is 1.09 bits per heavy atom. The van der Waals surface area contributed by atoms with E-state index in [1.54, 1.807) is 24.3 Å². The van der Waals surface area contributed by atoms with Gasteiger partial charge in [-0.15, -0.1) is 11.3 Å². The van der Waals surface area contributed by atoms with Gasteiger partial charge in [0.15, 0.2) is 6.10 Å². The predicted octanol–water partition coefficient (Wildman–Crippen LogP) is 5.87. The average Bonchev–Trinajstić information content (AvgIpc) is 3.55. The molecule has 1 heterocycles. The number of likely N-dealkylation sites (N-methyl/N-ethyl adjacent to an activating group) is 1. The van der Waals surface area contributed by atoms with E-state index in [1.165, 1.54) is 17.4 Å². The molecular formula is C36H54N4O6S. The standard InChI is InChI=1S/C36H54N4O6S/c1-9-15-31(41)46-30(21-29(23(4)5)40(8)35(43)32(37)24(6)11-3)34-39-28(22-47-34)33(42)38-27(20-26-16-13-12-14-17-26)19-25(7)36(44)45-18-10-2/h10,12-14,16-17,22-25,27,29-30,32H,2,9,11,15,18-21,37H2,1,3-8H3,(H,38,42)/t24-,25?,27?,29+,30+,32-/m0/s1. The van der Waals surface area contributed by atoms with Crippen molar-refractivity contribution < 1.29 is 28.7 Å². The van der Waals surface area contributed by atoms with Crippen molar-refractivity contribution in [2.75, 3.05) is 13.7 Å². The number of carbonyl (C=O) groups is 4. The second-order valence-electron chi connectivity index (χ2n) is 12.6. The van der Waals surface area contributed by atoms with Crippen LogP contribution in [0.15, 0.2) is 48.4 Å². The lowest BCUT2D eigenvalue weighted by Gasteiger charge is -2.35. The summed E-state index contributed by atoms with van der Waals surface area (Å²) < 4.78 is 11.2. The number of nitrogens with two attached hydrogens (primary N) is 1. The topological polar surface area (TPSA) is 141 Å². The van der Waals surface area contributed by atoms with E-state index < -0.39 is 24.0 Å². The molecule has 0 aliphatic carbocycles. The van der Waals surface area contributed by atoms with Crippen LogP contribution in [0.3, 0.4) is 0 Å². The highest BCUT2D eigenvalue weighted by atomic mass is 32.1. The Hall–Kier alpha value is -3.57. The van der Waals surface area contributed by atoms with Crippen molar-refractivity contribution in [1.82, 2.24) is 15.2 Å². The Kier molecular flexibility index (Phi) is 16.8. The van der Waals surface area contributed by atoms with Gasteiger partial charge in [-0.3, -0.25) is 19.2 Å². The summed E-state index contributed by atoms with van der Waals surface area (Å²) >= 11 is 1.23. The van der Waals surface area contributed by atoms with Gasteiger partial charge in [0.1, 0.15) is 17.3 Å². The summed E-state index contributed by atoms with van der Waals surface area (Å²) in [5.74, 6) is -1.71. The van der Waals surface area contributed by atoms with Crippen molar-refractivity contribution in [3.8, 4) is 0 Å². The molecule has 2 amide bonds. The lowest BCUT2D eigenvalue weighted by Crippen LogP contribution is -2.51. The van der Waals surface area contributed by atoms with Crippen molar-refractivity contribution >= 4 is 35.1 Å². The number of benzene rings is 1. The molecule has 0 aliphatic heterocycles. The van der Waals surface area contributed by atoms with Gasteiger partial charge >= 0.3 is 11.9 Å². The number of nitrogens with one attached hydrogen (secondary N) is 1. The Labute approximate surface area is 284 Å². The zero-order chi connectivity index (χ0) is 35.1. The molecule has 6 atom stereocenters. The van der Waals surface area contributed by atoms with Gasteiger partial charge in [-0.2, -0.15) is 0 Å². The van der Waals surface area contributed by atoms with E-state index in [2.05, 4.69) is 16.9 Å². The van der Waals surface area contributed by atoms with E-state index in [0.29, 0.717) is 30.7 Å². The van der Waals surface area contributed by atoms with Gasteiger partial charge in [0.2, 0.25) is 5.91 Å². The Morgan fingerprint density at radius 3 is 2.36 bits per heavy atom. The molecule has 10 nitrogen and oxygen atoms in total. The summed E-state index contributed by atoms with van der Waals surface area (Å²) in [6.07, 6.45) is 3.56. The highest BCUT2D eigenvalue weighted by Crippen LogP contribution is 2.31. The SMILES string of the molecule is C=CCOC(=O)C(C)CC(Cc1ccccc1)NC(=O)c1csc([C@@H](C[C@H](C(C)C)N(C)C(=O)[C@@H](N)[C@@H](C)CC)OC(=O)CCC)n1. The summed E-state index contributed by atoms with van der Waals surface area (Å²) in [5, 5.41) is 5.17. The summed E-state index contributed by atoms with van der Waals surface area (Å²) in [6.45, 7) is 15.4. The van der Waals surface area contributed by atoms with Gasteiger partial charge in [0.05, 0.1) is 12.0 Å². The minimum Gasteiger partial charge on any atom is -0.461 e. The molecule has 1 aromatic carbocycles. The molecule has 2 unspecified atom stereocenters. The number of hydrogen-bond donors (Lipinski definition) is 2. The number of hydrogen-bond acceptors (Lipinski definition) is 9. The fourth-order valence-electron chi connectivity index (χ4n) is 5.31. The fourth-order valence-corrected chi connectivity index (χ4v) is 6.15. The molecule has 11 heteroatoms. The predicted molar refractivity (Wildman–Crippen MR) is 186 cm³/mol. The third-order valence-corrected chi connectivity index (χ3v) is 9.35. The van der Waals surface area contributed by atoms with Gasteiger partial charge in [0, 0.05) is 37.4 Å². The van der Waals surface area contributed by atoms with Crippen LogP contribution in [0.5, 0.6) is 0 Å². The van der Waals surface area contributed by atoms with Crippen molar-refractivity contribution in [2.24, 2.45) is 23.5 Å². The number of amides is 2. The van der Waals surface area contributed by atoms with E-state index in [1.807, 2.05) is 65.0 Å². The number of esters is 2. The molecule has 0 bridgehead atoms. The molecule has 0 saturated heterocycles. The Bertz CT molecular complexity index is 1300. The smallest absolute Gasteiger partial charge is 0.309 e. The molecule has 1 aromatic heterocycles. The number of carbonyl (C=O) groups excluding carboxylic acids is 4. The maximum atomic E-state index is 13.6. The molecule has 0 aliphatic rings. The normalized spacial score (nSPS) is 15.1. The van der Waals surface area contributed by atoms with Crippen LogP contribution in [0.2, 0.25) is 0 Å². The number of aromatic nitrogens is 1. The molecule has 2 aromatic rings. The van der Waals surface area contributed by atoms with Gasteiger partial charge in [-0.1, -0.05) is 91.0 Å². The van der Waals surface area contributed by atoms with E-state index in [9.17, 15) is 19.2 Å².